The predicted molar refractivity (Wildman–Crippen MR) is 140 cm³/mol. The lowest BCUT2D eigenvalue weighted by Crippen LogP contribution is -2.46. The quantitative estimate of drug-likeness (QED) is 0.304. The monoisotopic (exact) mass is 575 g/mol. The summed E-state index contributed by atoms with van der Waals surface area (Å²) >= 11 is 7.41. The van der Waals surface area contributed by atoms with Gasteiger partial charge in [0.1, 0.15) is 24.0 Å². The van der Waals surface area contributed by atoms with E-state index in [1.165, 1.54) is 31.0 Å². The van der Waals surface area contributed by atoms with Gasteiger partial charge in [0.25, 0.3) is 11.8 Å². The maximum Gasteiger partial charge on any atom is 0.418 e. The Balaban J connectivity index is 1.73. The summed E-state index contributed by atoms with van der Waals surface area (Å²) in [4.78, 5) is 28.9. The lowest BCUT2D eigenvalue weighted by molar-refractivity contribution is -0.144. The first-order chi connectivity index (χ1) is 18.7. The van der Waals surface area contributed by atoms with Gasteiger partial charge in [-0.15, -0.1) is 0 Å². The highest BCUT2D eigenvalue weighted by atomic mass is 35.5. The number of imide groups is 1. The molecular weight excluding hydrogens is 555 g/mol. The van der Waals surface area contributed by atoms with E-state index in [2.05, 4.69) is 0 Å². The number of para-hydroxylation sites is 1. The Morgan fingerprint density at radius 3 is 2.41 bits per heavy atom. The van der Waals surface area contributed by atoms with Crippen molar-refractivity contribution in [3.05, 3.63) is 87.5 Å². The Labute approximate surface area is 231 Å². The van der Waals surface area contributed by atoms with Crippen LogP contribution in [0.2, 0.25) is 5.02 Å². The second kappa shape index (κ2) is 12.0. The summed E-state index contributed by atoms with van der Waals surface area (Å²) in [7, 11) is 1.32. The summed E-state index contributed by atoms with van der Waals surface area (Å²) in [6.07, 6.45) is -2.76. The topological polar surface area (TPSA) is 82.9 Å². The van der Waals surface area contributed by atoms with Crippen LogP contribution < -0.4 is 9.64 Å². The molecule has 0 atom stereocenters. The van der Waals surface area contributed by atoms with E-state index in [-0.39, 0.29) is 19.8 Å². The number of alkyl halides is 3. The number of rotatable bonds is 8. The van der Waals surface area contributed by atoms with Gasteiger partial charge in [-0.05, 0) is 42.5 Å². The van der Waals surface area contributed by atoms with E-state index in [0.29, 0.717) is 27.2 Å². The number of allylic oxidation sites excluding steroid dienone is 2. The molecule has 2 aliphatic rings. The number of carbonyl (C=O) groups excluding carboxylic acids is 2. The number of hydrogen-bond acceptors (Lipinski definition) is 7. The molecule has 7 nitrogen and oxygen atoms in total. The molecule has 0 bridgehead atoms. The van der Waals surface area contributed by atoms with Gasteiger partial charge in [0.15, 0.2) is 0 Å². The van der Waals surface area contributed by atoms with Gasteiger partial charge in [0.2, 0.25) is 0 Å². The number of anilines is 1. The van der Waals surface area contributed by atoms with Crippen LogP contribution in [0.3, 0.4) is 0 Å². The molecule has 0 saturated carbocycles. The highest BCUT2D eigenvalue weighted by molar-refractivity contribution is 8.03. The van der Waals surface area contributed by atoms with Gasteiger partial charge in [-0.1, -0.05) is 41.6 Å². The number of nitriles is 1. The Kier molecular flexibility index (Phi) is 8.70. The third kappa shape index (κ3) is 6.14. The van der Waals surface area contributed by atoms with Crippen LogP contribution in [-0.4, -0.2) is 56.3 Å². The van der Waals surface area contributed by atoms with Crippen LogP contribution in [-0.2, 0) is 14.3 Å². The molecule has 202 valence electrons. The second-order valence-electron chi connectivity index (χ2n) is 8.23. The second-order valence-corrected chi connectivity index (χ2v) is 9.73. The van der Waals surface area contributed by atoms with E-state index in [0.717, 1.165) is 16.7 Å². The van der Waals surface area contributed by atoms with Crippen molar-refractivity contribution in [3.8, 4) is 11.8 Å². The van der Waals surface area contributed by atoms with Crippen molar-refractivity contribution in [1.29, 1.82) is 5.26 Å². The lowest BCUT2D eigenvalue weighted by Gasteiger charge is -2.29. The predicted octanol–water partition coefficient (Wildman–Crippen LogP) is 5.50. The van der Waals surface area contributed by atoms with Crippen molar-refractivity contribution in [2.75, 3.05) is 38.3 Å². The van der Waals surface area contributed by atoms with Crippen LogP contribution in [0.4, 0.5) is 18.9 Å². The maximum absolute atomic E-state index is 14.1. The zero-order chi connectivity index (χ0) is 28.2. The molecule has 0 aliphatic carbocycles. The SMILES string of the molecule is COCCN1C(=O)C(C#N)=C(C(F)(F)F)/C(=C/C=C2\Sc3cc(Cl)ccc3N2CCOc2ccccc2)C1=O. The maximum atomic E-state index is 14.1. The van der Waals surface area contributed by atoms with Gasteiger partial charge < -0.3 is 14.4 Å². The summed E-state index contributed by atoms with van der Waals surface area (Å²) in [5.74, 6) is -1.82. The fourth-order valence-electron chi connectivity index (χ4n) is 4.02. The molecule has 0 fully saturated rings. The van der Waals surface area contributed by atoms with E-state index in [1.54, 1.807) is 30.3 Å². The fraction of sp³-hybridized carbons (Fsp3) is 0.222. The average molecular weight is 576 g/mol. The highest BCUT2D eigenvalue weighted by Crippen LogP contribution is 2.47. The molecule has 2 heterocycles. The van der Waals surface area contributed by atoms with E-state index in [4.69, 9.17) is 21.1 Å². The Morgan fingerprint density at radius 2 is 1.74 bits per heavy atom. The van der Waals surface area contributed by atoms with E-state index < -0.39 is 34.7 Å². The molecule has 0 spiro atoms. The van der Waals surface area contributed by atoms with Crippen LogP contribution in [0.15, 0.2) is 87.3 Å². The summed E-state index contributed by atoms with van der Waals surface area (Å²) in [6.45, 7) is 0.182. The number of ether oxygens (including phenoxy) is 2. The summed E-state index contributed by atoms with van der Waals surface area (Å²) < 4.78 is 52.8. The Morgan fingerprint density at radius 1 is 1.03 bits per heavy atom. The molecule has 0 radical (unpaired) electrons. The third-order valence-electron chi connectivity index (χ3n) is 5.78. The largest absolute Gasteiger partial charge is 0.492 e. The number of hydrogen-bond donors (Lipinski definition) is 0. The molecule has 2 aromatic carbocycles. The summed E-state index contributed by atoms with van der Waals surface area (Å²) in [6, 6.07) is 15.7. The number of halogens is 4. The minimum atomic E-state index is -5.11. The minimum absolute atomic E-state index is 0.104. The van der Waals surface area contributed by atoms with Crippen molar-refractivity contribution in [3.63, 3.8) is 0 Å². The van der Waals surface area contributed by atoms with E-state index in [9.17, 15) is 28.0 Å². The van der Waals surface area contributed by atoms with Gasteiger partial charge in [-0.2, -0.15) is 18.4 Å². The molecule has 0 saturated heterocycles. The van der Waals surface area contributed by atoms with E-state index >= 15 is 0 Å². The first-order valence-corrected chi connectivity index (χ1v) is 12.8. The van der Waals surface area contributed by atoms with Crippen molar-refractivity contribution >= 4 is 40.9 Å². The number of thioether (sulfide) groups is 1. The van der Waals surface area contributed by atoms with Crippen molar-refractivity contribution in [1.82, 2.24) is 4.90 Å². The van der Waals surface area contributed by atoms with Crippen LogP contribution in [0.5, 0.6) is 5.75 Å². The lowest BCUT2D eigenvalue weighted by atomic mass is 9.93. The number of methoxy groups -OCH3 is 1. The van der Waals surface area contributed by atoms with Gasteiger partial charge in [0, 0.05) is 17.0 Å². The van der Waals surface area contributed by atoms with Crippen LogP contribution in [0.1, 0.15) is 0 Å². The van der Waals surface area contributed by atoms with Crippen LogP contribution >= 0.6 is 23.4 Å². The molecule has 0 unspecified atom stereocenters. The minimum Gasteiger partial charge on any atom is -0.492 e. The van der Waals surface area contributed by atoms with Crippen molar-refractivity contribution < 1.29 is 32.2 Å². The van der Waals surface area contributed by atoms with Crippen molar-refractivity contribution in [2.24, 2.45) is 0 Å². The van der Waals surface area contributed by atoms with E-state index in [1.807, 2.05) is 23.1 Å². The molecule has 2 aromatic rings. The van der Waals surface area contributed by atoms with Gasteiger partial charge >= 0.3 is 6.18 Å². The standard InChI is InChI=1S/C27H21ClF3N3O4S/c1-37-13-11-34-25(35)19(24(27(29,30)31)20(16-32)26(34)36)8-10-23-33(12-14-38-18-5-3-2-4-6-18)21-9-7-17(28)15-22(21)39-23/h2-10,15H,11-14H2,1H3/b19-8-,23-10-. The van der Waals surface area contributed by atoms with Crippen molar-refractivity contribution in [2.45, 2.75) is 11.1 Å². The van der Waals surface area contributed by atoms with Crippen LogP contribution in [0, 0.1) is 11.3 Å². The zero-order valence-corrected chi connectivity index (χ0v) is 22.1. The zero-order valence-electron chi connectivity index (χ0n) is 20.5. The molecular formula is C27H21ClF3N3O4S. The highest BCUT2D eigenvalue weighted by Gasteiger charge is 2.48. The number of benzene rings is 2. The first-order valence-electron chi connectivity index (χ1n) is 11.6. The number of amides is 2. The van der Waals surface area contributed by atoms with Gasteiger partial charge in [-0.3, -0.25) is 14.5 Å². The summed E-state index contributed by atoms with van der Waals surface area (Å²) in [5.41, 5.74) is -2.75. The average Bonchev–Trinajstić information content (AvgIpc) is 3.24. The fourth-order valence-corrected chi connectivity index (χ4v) is 5.39. The van der Waals surface area contributed by atoms with Gasteiger partial charge in [0.05, 0.1) is 41.6 Å². The smallest absolute Gasteiger partial charge is 0.418 e. The molecule has 0 aromatic heterocycles. The van der Waals surface area contributed by atoms with Gasteiger partial charge in [-0.25, -0.2) is 0 Å². The molecule has 2 amide bonds. The van der Waals surface area contributed by atoms with Crippen LogP contribution in [0.25, 0.3) is 0 Å². The molecule has 0 N–H and O–H groups in total. The summed E-state index contributed by atoms with van der Waals surface area (Å²) in [5, 5.41) is 10.4. The number of carbonyl (C=O) groups is 2. The first kappa shape index (κ1) is 28.3. The third-order valence-corrected chi connectivity index (χ3v) is 7.13. The normalized spacial score (nSPS) is 17.7. The molecule has 12 heteroatoms. The Bertz CT molecular complexity index is 1420. The molecule has 2 aliphatic heterocycles. The molecule has 39 heavy (non-hydrogen) atoms. The molecule has 4 rings (SSSR count). The Hall–Kier alpha value is -3.72. The number of fused-ring (bicyclic) bond motifs is 1. The number of nitrogens with zero attached hydrogens (tertiary/aromatic N) is 3.